The van der Waals surface area contributed by atoms with E-state index in [0.29, 0.717) is 13.0 Å². The summed E-state index contributed by atoms with van der Waals surface area (Å²) in [5.74, 6) is -0.806. The van der Waals surface area contributed by atoms with Crippen LogP contribution in [-0.2, 0) is 15.7 Å². The predicted octanol–water partition coefficient (Wildman–Crippen LogP) is 2.61. The lowest BCUT2D eigenvalue weighted by Crippen LogP contribution is -2.67. The Bertz CT molecular complexity index is 1210. The van der Waals surface area contributed by atoms with Crippen LogP contribution in [0.3, 0.4) is 0 Å². The van der Waals surface area contributed by atoms with Gasteiger partial charge in [0.25, 0.3) is 5.91 Å². The van der Waals surface area contributed by atoms with Crippen molar-refractivity contribution in [2.75, 3.05) is 18.7 Å². The summed E-state index contributed by atoms with van der Waals surface area (Å²) in [6.07, 6.45) is 3.42. The molecule has 1 saturated heterocycles. The molecule has 4 N–H and O–H groups in total. The highest BCUT2D eigenvalue weighted by Gasteiger charge is 2.57. The molecule has 12 heteroatoms. The van der Waals surface area contributed by atoms with Gasteiger partial charge in [-0.3, -0.25) is 18.7 Å². The smallest absolute Gasteiger partial charge is 0.275 e. The minimum Gasteiger partial charge on any atom is -0.461 e. The second kappa shape index (κ2) is 9.23. The summed E-state index contributed by atoms with van der Waals surface area (Å²) in [7, 11) is -3.18. The van der Waals surface area contributed by atoms with E-state index in [1.54, 1.807) is 20.8 Å². The van der Waals surface area contributed by atoms with Crippen LogP contribution in [-0.4, -0.2) is 49.3 Å². The second-order valence-electron chi connectivity index (χ2n) is 9.39. The molecule has 4 heterocycles. The van der Waals surface area contributed by atoms with E-state index in [1.807, 2.05) is 0 Å². The van der Waals surface area contributed by atoms with Gasteiger partial charge in [-0.1, -0.05) is 6.42 Å². The maximum atomic E-state index is 15.2. The Balaban J connectivity index is 1.71. The molecule has 0 saturated carbocycles. The van der Waals surface area contributed by atoms with E-state index < -0.39 is 44.2 Å². The average Bonchev–Trinajstić information content (AvgIpc) is 3.03. The normalized spacial score (nSPS) is 26.0. The summed E-state index contributed by atoms with van der Waals surface area (Å²) in [4.78, 5) is 25.7. The van der Waals surface area contributed by atoms with Crippen LogP contribution in [0.2, 0.25) is 0 Å². The highest BCUT2D eigenvalue weighted by molar-refractivity contribution is 8.03. The quantitative estimate of drug-likeness (QED) is 0.459. The van der Waals surface area contributed by atoms with Crippen LogP contribution >= 0.6 is 0 Å². The van der Waals surface area contributed by atoms with Crippen molar-refractivity contribution in [1.82, 2.24) is 14.7 Å². The summed E-state index contributed by atoms with van der Waals surface area (Å²) in [6.45, 7) is 4.86. The lowest BCUT2D eigenvalue weighted by molar-refractivity contribution is 0.102. The molecular formula is C23H30F2N6O3S. The van der Waals surface area contributed by atoms with Crippen LogP contribution in [0, 0.1) is 5.82 Å². The zero-order chi connectivity index (χ0) is 25.4. The lowest BCUT2D eigenvalue weighted by Gasteiger charge is -2.53. The number of amidine groups is 1. The molecule has 2 aliphatic heterocycles. The number of thiol groups is 1. The van der Waals surface area contributed by atoms with Crippen molar-refractivity contribution in [1.29, 1.82) is 0 Å². The Hall–Kier alpha value is -2.99. The Morgan fingerprint density at radius 3 is 2.74 bits per heavy atom. The van der Waals surface area contributed by atoms with E-state index in [2.05, 4.69) is 29.7 Å². The molecule has 4 rings (SSSR count). The first-order chi connectivity index (χ1) is 16.5. The maximum absolute atomic E-state index is 15.2. The molecule has 0 bridgehead atoms. The van der Waals surface area contributed by atoms with E-state index in [1.165, 1.54) is 30.5 Å². The molecule has 0 aliphatic carbocycles. The SMILES string of the molecule is CC1(C)C(N)=N[C@](C)(c2nc(NC(=O)c3ccc(OCF)cn3)ccc2F)[C@@H]2CCCCN[SH]21=O. The van der Waals surface area contributed by atoms with E-state index >= 15 is 4.39 Å². The Kier molecular flexibility index (Phi) is 6.62. The summed E-state index contributed by atoms with van der Waals surface area (Å²) < 4.78 is 48.9. The number of nitrogens with zero attached hydrogens (tertiary/aromatic N) is 3. The van der Waals surface area contributed by atoms with Crippen LogP contribution in [0.1, 0.15) is 56.2 Å². The molecule has 2 aromatic rings. The van der Waals surface area contributed by atoms with E-state index in [9.17, 15) is 13.4 Å². The van der Waals surface area contributed by atoms with Crippen LogP contribution in [0.4, 0.5) is 14.6 Å². The van der Waals surface area contributed by atoms with Crippen LogP contribution in [0.5, 0.6) is 5.75 Å². The van der Waals surface area contributed by atoms with Gasteiger partial charge in [-0.2, -0.15) is 0 Å². The van der Waals surface area contributed by atoms with Gasteiger partial charge < -0.3 is 15.8 Å². The van der Waals surface area contributed by atoms with Crippen molar-refractivity contribution in [3.63, 3.8) is 0 Å². The highest BCUT2D eigenvalue weighted by Crippen LogP contribution is 2.47. The first-order valence-corrected chi connectivity index (χ1v) is 13.1. The number of nitrogens with one attached hydrogen (secondary N) is 2. The van der Waals surface area contributed by atoms with Gasteiger partial charge in [0.15, 0.2) is 0 Å². The number of anilines is 1. The number of fused-ring (bicyclic) bond motifs is 1. The third-order valence-corrected chi connectivity index (χ3v) is 11.1. The third kappa shape index (κ3) is 4.29. The third-order valence-electron chi connectivity index (χ3n) is 6.91. The number of carbonyl (C=O) groups excluding carboxylic acids is 1. The van der Waals surface area contributed by atoms with Gasteiger partial charge >= 0.3 is 0 Å². The summed E-state index contributed by atoms with van der Waals surface area (Å²) in [5, 5.41) is 2.07. The van der Waals surface area contributed by atoms with Crippen molar-refractivity contribution < 1.29 is 22.5 Å². The first-order valence-electron chi connectivity index (χ1n) is 11.4. The minimum atomic E-state index is -3.18. The molecule has 190 valence electrons. The fraction of sp³-hybridized carbons (Fsp3) is 0.478. The van der Waals surface area contributed by atoms with Gasteiger partial charge in [0.1, 0.15) is 40.1 Å². The molecule has 1 fully saturated rings. The Morgan fingerprint density at radius 1 is 1.29 bits per heavy atom. The number of carbonyl (C=O) groups is 1. The molecule has 1 amide bonds. The monoisotopic (exact) mass is 508 g/mol. The van der Waals surface area contributed by atoms with Crippen molar-refractivity contribution in [3.8, 4) is 5.75 Å². The number of halogens is 2. The number of aromatic nitrogens is 2. The van der Waals surface area contributed by atoms with Crippen molar-refractivity contribution in [2.24, 2.45) is 10.7 Å². The largest absolute Gasteiger partial charge is 0.461 e. The fourth-order valence-electron chi connectivity index (χ4n) is 4.77. The second-order valence-corrected chi connectivity index (χ2v) is 12.8. The van der Waals surface area contributed by atoms with E-state index in [-0.39, 0.29) is 28.8 Å². The predicted molar refractivity (Wildman–Crippen MR) is 131 cm³/mol. The summed E-state index contributed by atoms with van der Waals surface area (Å²) in [6, 6.07) is 5.29. The Labute approximate surface area is 203 Å². The average molecular weight is 509 g/mol. The molecule has 2 aromatic heterocycles. The van der Waals surface area contributed by atoms with E-state index in [0.717, 1.165) is 12.8 Å². The molecule has 2 aliphatic rings. The number of rotatable bonds is 5. The number of ether oxygens (including phenoxy) is 1. The van der Waals surface area contributed by atoms with Gasteiger partial charge in [-0.25, -0.2) is 18.7 Å². The zero-order valence-electron chi connectivity index (χ0n) is 19.8. The Morgan fingerprint density at radius 2 is 2.06 bits per heavy atom. The highest BCUT2D eigenvalue weighted by atomic mass is 32.3. The lowest BCUT2D eigenvalue weighted by atomic mass is 9.88. The minimum absolute atomic E-state index is 0.0363. The number of alkyl halides is 1. The summed E-state index contributed by atoms with van der Waals surface area (Å²) in [5.41, 5.74) is 5.02. The van der Waals surface area contributed by atoms with Crippen LogP contribution in [0.15, 0.2) is 35.5 Å². The molecule has 0 radical (unpaired) electrons. The summed E-state index contributed by atoms with van der Waals surface area (Å²) >= 11 is 0. The number of pyridine rings is 2. The first kappa shape index (κ1) is 25.1. The van der Waals surface area contributed by atoms with Gasteiger partial charge in [-0.05, 0) is 68.0 Å². The molecule has 2 atom stereocenters. The standard InChI is InChI=1S/C23H30F2N6O3S/c1-22(2)21(26)31-23(3,17-6-4-5-11-28-35(17,22)33)19-15(25)8-10-18(29-19)30-20(32)16-9-7-14(12-27-16)34-13-24/h7-10,12,17,35H,4-6,11,13H2,1-3H3,(H2,26,31)(H,28,33)(H,29,30,32)/t17-,23-/m0/s1. The fourth-order valence-corrected chi connectivity index (χ4v) is 8.48. The number of hydrogen-bond donors (Lipinski definition) is 4. The van der Waals surface area contributed by atoms with Gasteiger partial charge in [0.2, 0.25) is 6.86 Å². The molecule has 9 nitrogen and oxygen atoms in total. The number of hydrogen-bond acceptors (Lipinski definition) is 7. The number of aliphatic imine (C=N–C) groups is 1. The van der Waals surface area contributed by atoms with Gasteiger partial charge in [0, 0.05) is 6.54 Å². The van der Waals surface area contributed by atoms with Gasteiger partial charge in [-0.15, -0.1) is 0 Å². The zero-order valence-corrected chi connectivity index (χ0v) is 20.7. The van der Waals surface area contributed by atoms with Gasteiger partial charge in [0.05, 0.1) is 16.2 Å². The number of nitrogens with two attached hydrogens (primary N) is 1. The molecule has 0 spiro atoms. The molecule has 35 heavy (non-hydrogen) atoms. The van der Waals surface area contributed by atoms with Crippen molar-refractivity contribution in [3.05, 3.63) is 47.7 Å². The number of amides is 1. The molecule has 0 unspecified atom stereocenters. The van der Waals surface area contributed by atoms with Crippen LogP contribution in [0.25, 0.3) is 0 Å². The molecule has 0 aromatic carbocycles. The maximum Gasteiger partial charge on any atom is 0.275 e. The topological polar surface area (TPSA) is 132 Å². The van der Waals surface area contributed by atoms with Crippen molar-refractivity contribution in [2.45, 2.75) is 55.6 Å². The molecular weight excluding hydrogens is 478 g/mol. The van der Waals surface area contributed by atoms with Crippen LogP contribution < -0.4 is 20.5 Å². The van der Waals surface area contributed by atoms with Crippen molar-refractivity contribution >= 4 is 27.7 Å². The van der Waals surface area contributed by atoms with E-state index in [4.69, 9.17) is 5.73 Å².